The van der Waals surface area contributed by atoms with E-state index in [1.807, 2.05) is 20.8 Å². The normalized spacial score (nSPS) is 24.4. The van der Waals surface area contributed by atoms with Crippen LogP contribution >= 0.6 is 11.6 Å². The average Bonchev–Trinajstić information content (AvgIpc) is 2.74. The van der Waals surface area contributed by atoms with Crippen molar-refractivity contribution < 1.29 is 19.1 Å². The summed E-state index contributed by atoms with van der Waals surface area (Å²) in [4.78, 5) is 25.8. The summed E-state index contributed by atoms with van der Waals surface area (Å²) in [6, 6.07) is -0.730. The highest BCUT2D eigenvalue weighted by Crippen LogP contribution is 2.51. The van der Waals surface area contributed by atoms with Crippen molar-refractivity contribution in [3.05, 3.63) is 0 Å². The molecule has 0 aromatic rings. The highest BCUT2D eigenvalue weighted by Gasteiger charge is 2.60. The van der Waals surface area contributed by atoms with Crippen molar-refractivity contribution in [2.75, 3.05) is 12.6 Å². The van der Waals surface area contributed by atoms with E-state index in [-0.39, 0.29) is 11.5 Å². The quantitative estimate of drug-likeness (QED) is 0.581. The van der Waals surface area contributed by atoms with E-state index in [0.717, 1.165) is 25.7 Å². The Morgan fingerprint density at radius 3 is 2.40 bits per heavy atom. The SMILES string of the molecule is CC(C)(C)OC(=O)N1CC2(CCCC2)C1C(=O)OCCl. The molecular weight excluding hydrogens is 282 g/mol. The monoisotopic (exact) mass is 303 g/mol. The lowest BCUT2D eigenvalue weighted by Gasteiger charge is -2.53. The van der Waals surface area contributed by atoms with Crippen LogP contribution in [0.1, 0.15) is 46.5 Å². The van der Waals surface area contributed by atoms with E-state index in [1.54, 1.807) is 0 Å². The summed E-state index contributed by atoms with van der Waals surface area (Å²) in [5.41, 5.74) is -0.698. The molecule has 114 valence electrons. The van der Waals surface area contributed by atoms with Gasteiger partial charge >= 0.3 is 12.1 Å². The number of hydrogen-bond donors (Lipinski definition) is 0. The standard InChI is InChI=1S/C14H22ClNO4/c1-13(2,3)20-12(18)16-8-14(6-4-5-7-14)10(16)11(17)19-9-15/h10H,4-9H2,1-3H3. The van der Waals surface area contributed by atoms with Crippen molar-refractivity contribution in [1.82, 2.24) is 4.90 Å². The van der Waals surface area contributed by atoms with Crippen LogP contribution in [0.3, 0.4) is 0 Å². The van der Waals surface area contributed by atoms with Gasteiger partial charge in [-0.25, -0.2) is 9.59 Å². The molecule has 1 aliphatic carbocycles. The number of ether oxygens (including phenoxy) is 2. The van der Waals surface area contributed by atoms with E-state index in [4.69, 9.17) is 21.1 Å². The Kier molecular flexibility index (Phi) is 4.19. The molecule has 2 aliphatic rings. The van der Waals surface area contributed by atoms with Crippen LogP contribution in [0, 0.1) is 5.41 Å². The molecule has 1 saturated heterocycles. The second-order valence-electron chi connectivity index (χ2n) is 6.65. The van der Waals surface area contributed by atoms with Gasteiger partial charge in [0, 0.05) is 12.0 Å². The fraction of sp³-hybridized carbons (Fsp3) is 0.857. The Hall–Kier alpha value is -0.970. The number of halogens is 1. The number of alkyl halides is 1. The molecule has 0 N–H and O–H groups in total. The molecule has 0 radical (unpaired) electrons. The van der Waals surface area contributed by atoms with E-state index >= 15 is 0 Å². The molecule has 1 aliphatic heterocycles. The molecular formula is C14H22ClNO4. The molecule has 6 heteroatoms. The third-order valence-corrected chi connectivity index (χ3v) is 4.13. The molecule has 2 fully saturated rings. The molecule has 1 amide bonds. The van der Waals surface area contributed by atoms with Crippen molar-refractivity contribution in [2.45, 2.75) is 58.1 Å². The van der Waals surface area contributed by atoms with Gasteiger partial charge in [-0.2, -0.15) is 0 Å². The van der Waals surface area contributed by atoms with E-state index in [2.05, 4.69) is 0 Å². The molecule has 5 nitrogen and oxygen atoms in total. The third kappa shape index (κ3) is 2.87. The summed E-state index contributed by atoms with van der Waals surface area (Å²) >= 11 is 5.47. The van der Waals surface area contributed by atoms with Gasteiger partial charge in [-0.05, 0) is 33.6 Å². The van der Waals surface area contributed by atoms with Gasteiger partial charge in [0.1, 0.15) is 11.6 Å². The minimum atomic E-state index is -0.573. The lowest BCUT2D eigenvalue weighted by molar-refractivity contribution is -0.167. The summed E-state index contributed by atoms with van der Waals surface area (Å²) in [5, 5.41) is 0. The number of amides is 1. The molecule has 0 bridgehead atoms. The van der Waals surface area contributed by atoms with Crippen LogP contribution < -0.4 is 0 Å². The first kappa shape index (κ1) is 15.4. The Morgan fingerprint density at radius 1 is 1.30 bits per heavy atom. The molecule has 0 aromatic heterocycles. The molecule has 0 aromatic carbocycles. The number of carbonyl (C=O) groups is 2. The van der Waals surface area contributed by atoms with Crippen molar-refractivity contribution in [1.29, 1.82) is 0 Å². The smallest absolute Gasteiger partial charge is 0.411 e. The minimum absolute atomic E-state index is 0.125. The number of likely N-dealkylation sites (tertiary alicyclic amines) is 1. The first-order valence-corrected chi connectivity index (χ1v) is 7.55. The third-order valence-electron chi connectivity index (χ3n) is 4.02. The van der Waals surface area contributed by atoms with Crippen LogP contribution in [-0.2, 0) is 14.3 Å². The van der Waals surface area contributed by atoms with Gasteiger partial charge in [0.15, 0.2) is 6.07 Å². The number of esters is 1. The lowest BCUT2D eigenvalue weighted by atomic mass is 9.70. The summed E-state index contributed by atoms with van der Waals surface area (Å²) in [5.74, 6) is -0.418. The number of carbonyl (C=O) groups excluding carboxylic acids is 2. The van der Waals surface area contributed by atoms with Crippen molar-refractivity contribution in [3.8, 4) is 0 Å². The fourth-order valence-electron chi connectivity index (χ4n) is 3.25. The van der Waals surface area contributed by atoms with E-state index in [0.29, 0.717) is 6.54 Å². The largest absolute Gasteiger partial charge is 0.448 e. The zero-order valence-corrected chi connectivity index (χ0v) is 13.0. The highest BCUT2D eigenvalue weighted by molar-refractivity contribution is 6.17. The number of rotatable bonds is 2. The summed E-state index contributed by atoms with van der Waals surface area (Å²) < 4.78 is 10.3. The minimum Gasteiger partial charge on any atom is -0.448 e. The second kappa shape index (κ2) is 5.43. The molecule has 1 saturated carbocycles. The van der Waals surface area contributed by atoms with Crippen molar-refractivity contribution in [2.24, 2.45) is 5.41 Å². The second-order valence-corrected chi connectivity index (χ2v) is 6.87. The number of hydrogen-bond acceptors (Lipinski definition) is 4. The highest BCUT2D eigenvalue weighted by atomic mass is 35.5. The van der Waals surface area contributed by atoms with Gasteiger partial charge in [-0.15, -0.1) is 0 Å². The molecule has 1 spiro atoms. The van der Waals surface area contributed by atoms with Crippen LogP contribution in [0.2, 0.25) is 0 Å². The maximum Gasteiger partial charge on any atom is 0.411 e. The Labute approximate surface area is 124 Å². The van der Waals surface area contributed by atoms with E-state index in [9.17, 15) is 9.59 Å². The first-order chi connectivity index (χ1) is 9.29. The van der Waals surface area contributed by atoms with Gasteiger partial charge < -0.3 is 9.47 Å². The fourth-order valence-corrected chi connectivity index (χ4v) is 3.35. The summed E-state index contributed by atoms with van der Waals surface area (Å²) in [6.07, 6.45) is 3.63. The zero-order valence-electron chi connectivity index (χ0n) is 12.3. The Bertz CT molecular complexity index is 398. The first-order valence-electron chi connectivity index (χ1n) is 7.01. The Morgan fingerprint density at radius 2 is 1.90 bits per heavy atom. The van der Waals surface area contributed by atoms with E-state index < -0.39 is 23.7 Å². The topological polar surface area (TPSA) is 55.8 Å². The van der Waals surface area contributed by atoms with Gasteiger partial charge in [0.25, 0.3) is 0 Å². The molecule has 2 rings (SSSR count). The van der Waals surface area contributed by atoms with Crippen molar-refractivity contribution >= 4 is 23.7 Å². The van der Waals surface area contributed by atoms with E-state index in [1.165, 1.54) is 4.90 Å². The van der Waals surface area contributed by atoms with Gasteiger partial charge in [-0.3, -0.25) is 4.90 Å². The van der Waals surface area contributed by atoms with Gasteiger partial charge in [0.2, 0.25) is 0 Å². The summed E-state index contributed by atoms with van der Waals surface area (Å²) in [7, 11) is 0. The molecule has 20 heavy (non-hydrogen) atoms. The van der Waals surface area contributed by atoms with Crippen LogP contribution in [0.5, 0.6) is 0 Å². The van der Waals surface area contributed by atoms with Crippen LogP contribution in [0.15, 0.2) is 0 Å². The lowest BCUT2D eigenvalue weighted by Crippen LogP contribution is -2.69. The molecule has 1 atom stereocenters. The van der Waals surface area contributed by atoms with Crippen molar-refractivity contribution in [3.63, 3.8) is 0 Å². The van der Waals surface area contributed by atoms with Gasteiger partial charge in [-0.1, -0.05) is 24.4 Å². The molecule has 1 heterocycles. The summed E-state index contributed by atoms with van der Waals surface area (Å²) in [6.45, 7) is 6.00. The average molecular weight is 304 g/mol. The number of nitrogens with zero attached hydrogens (tertiary/aromatic N) is 1. The zero-order chi connectivity index (χ0) is 15.0. The van der Waals surface area contributed by atoms with Crippen LogP contribution in [0.4, 0.5) is 4.79 Å². The molecule has 1 unspecified atom stereocenters. The Balaban J connectivity index is 2.10. The predicted molar refractivity (Wildman–Crippen MR) is 74.4 cm³/mol. The predicted octanol–water partition coefficient (Wildman–Crippen LogP) is 2.91. The maximum absolute atomic E-state index is 12.2. The van der Waals surface area contributed by atoms with Crippen LogP contribution in [-0.4, -0.2) is 41.2 Å². The van der Waals surface area contributed by atoms with Gasteiger partial charge in [0.05, 0.1) is 0 Å². The van der Waals surface area contributed by atoms with Crippen LogP contribution in [0.25, 0.3) is 0 Å². The maximum atomic E-state index is 12.2.